The fourth-order valence-electron chi connectivity index (χ4n) is 4.27. The number of ether oxygens (including phenoxy) is 1. The van der Waals surface area contributed by atoms with Gasteiger partial charge in [0.15, 0.2) is 11.6 Å². The molecule has 0 saturated carbocycles. The standard InChI is InChI=1S/C23H25N7O3/c1-32-15-13-30-22(25-26-27-30)21(18-6-7-19-17(16-18)4-2-8-24-19)28-9-11-29(12-10-28)23(31)20-5-3-14-33-20/h2-8,14,16,21H,9-13,15H2,1H3/t21-/m0/s1. The molecular formula is C23H25N7O3. The third-order valence-corrected chi connectivity index (χ3v) is 5.95. The Labute approximate surface area is 190 Å². The van der Waals surface area contributed by atoms with E-state index in [2.05, 4.69) is 43.6 Å². The summed E-state index contributed by atoms with van der Waals surface area (Å²) >= 11 is 0. The van der Waals surface area contributed by atoms with Crippen LogP contribution in [0.4, 0.5) is 0 Å². The van der Waals surface area contributed by atoms with Crippen LogP contribution in [0.15, 0.2) is 59.3 Å². The molecular weight excluding hydrogens is 422 g/mol. The number of amides is 1. The number of carbonyl (C=O) groups excluding carboxylic acids is 1. The van der Waals surface area contributed by atoms with Crippen molar-refractivity contribution in [2.24, 2.45) is 0 Å². The number of pyridine rings is 1. The first-order valence-electron chi connectivity index (χ1n) is 10.9. The van der Waals surface area contributed by atoms with E-state index in [1.165, 1.54) is 6.26 Å². The fraction of sp³-hybridized carbons (Fsp3) is 0.348. The van der Waals surface area contributed by atoms with Gasteiger partial charge in [0.05, 0.1) is 31.0 Å². The Morgan fingerprint density at radius 3 is 2.82 bits per heavy atom. The second-order valence-electron chi connectivity index (χ2n) is 7.92. The molecule has 170 valence electrons. The normalized spacial score (nSPS) is 15.7. The number of piperazine rings is 1. The first-order chi connectivity index (χ1) is 16.2. The first-order valence-corrected chi connectivity index (χ1v) is 10.9. The van der Waals surface area contributed by atoms with E-state index in [-0.39, 0.29) is 11.9 Å². The first kappa shape index (κ1) is 21.2. The molecule has 1 amide bonds. The molecule has 0 radical (unpaired) electrons. The molecule has 0 unspecified atom stereocenters. The molecule has 1 aliphatic rings. The molecule has 10 heteroatoms. The fourth-order valence-corrected chi connectivity index (χ4v) is 4.27. The Morgan fingerprint density at radius 1 is 1.15 bits per heavy atom. The van der Waals surface area contributed by atoms with E-state index in [1.807, 2.05) is 17.0 Å². The van der Waals surface area contributed by atoms with E-state index in [9.17, 15) is 4.79 Å². The minimum absolute atomic E-state index is 0.0853. The van der Waals surface area contributed by atoms with E-state index in [0.29, 0.717) is 45.1 Å². The molecule has 1 aromatic carbocycles. The maximum absolute atomic E-state index is 12.7. The third kappa shape index (κ3) is 4.35. The van der Waals surface area contributed by atoms with Gasteiger partial charge in [-0.05, 0) is 46.3 Å². The van der Waals surface area contributed by atoms with Gasteiger partial charge >= 0.3 is 0 Å². The molecule has 0 aliphatic carbocycles. The Bertz CT molecular complexity index is 1220. The van der Waals surface area contributed by atoms with Crippen molar-refractivity contribution < 1.29 is 13.9 Å². The zero-order valence-corrected chi connectivity index (χ0v) is 18.4. The van der Waals surface area contributed by atoms with E-state index < -0.39 is 0 Å². The zero-order valence-electron chi connectivity index (χ0n) is 18.4. The lowest BCUT2D eigenvalue weighted by Crippen LogP contribution is -2.50. The minimum atomic E-state index is -0.165. The minimum Gasteiger partial charge on any atom is -0.459 e. The van der Waals surface area contributed by atoms with Gasteiger partial charge in [-0.3, -0.25) is 14.7 Å². The van der Waals surface area contributed by atoms with Gasteiger partial charge in [-0.2, -0.15) is 0 Å². The SMILES string of the molecule is COCCn1nnnc1[C@H](c1ccc2ncccc2c1)N1CCN(C(=O)c2ccco2)CC1. The van der Waals surface area contributed by atoms with E-state index in [1.54, 1.807) is 30.1 Å². The molecule has 10 nitrogen and oxygen atoms in total. The molecule has 4 aromatic rings. The number of methoxy groups -OCH3 is 1. The van der Waals surface area contributed by atoms with Crippen molar-refractivity contribution in [3.8, 4) is 0 Å². The van der Waals surface area contributed by atoms with Gasteiger partial charge in [-0.1, -0.05) is 12.1 Å². The molecule has 1 saturated heterocycles. The zero-order chi connectivity index (χ0) is 22.6. The largest absolute Gasteiger partial charge is 0.459 e. The third-order valence-electron chi connectivity index (χ3n) is 5.95. The van der Waals surface area contributed by atoms with Crippen LogP contribution in [0.5, 0.6) is 0 Å². The van der Waals surface area contributed by atoms with Gasteiger partial charge in [0.1, 0.15) is 0 Å². The number of nitrogens with zero attached hydrogens (tertiary/aromatic N) is 7. The van der Waals surface area contributed by atoms with Crippen LogP contribution in [0.1, 0.15) is 28.0 Å². The number of carbonyl (C=O) groups is 1. The lowest BCUT2D eigenvalue weighted by atomic mass is 10.0. The highest BCUT2D eigenvalue weighted by molar-refractivity contribution is 5.91. The van der Waals surface area contributed by atoms with Crippen molar-refractivity contribution in [1.82, 2.24) is 35.0 Å². The number of tetrazole rings is 1. The molecule has 33 heavy (non-hydrogen) atoms. The Hall–Kier alpha value is -3.63. The van der Waals surface area contributed by atoms with Crippen molar-refractivity contribution >= 4 is 16.8 Å². The molecule has 1 atom stereocenters. The molecule has 5 rings (SSSR count). The second-order valence-corrected chi connectivity index (χ2v) is 7.92. The summed E-state index contributed by atoms with van der Waals surface area (Å²) in [7, 11) is 1.66. The summed E-state index contributed by atoms with van der Waals surface area (Å²) in [5, 5.41) is 13.6. The summed E-state index contributed by atoms with van der Waals surface area (Å²) in [6.07, 6.45) is 3.31. The average Bonchev–Trinajstić information content (AvgIpc) is 3.56. The van der Waals surface area contributed by atoms with Crippen LogP contribution in [0.25, 0.3) is 10.9 Å². The van der Waals surface area contributed by atoms with Crippen LogP contribution in [0.3, 0.4) is 0 Å². The van der Waals surface area contributed by atoms with Crippen molar-refractivity contribution in [3.05, 3.63) is 72.1 Å². The summed E-state index contributed by atoms with van der Waals surface area (Å²) in [6, 6.07) is 13.5. The lowest BCUT2D eigenvalue weighted by Gasteiger charge is -2.38. The Balaban J connectivity index is 1.44. The predicted molar refractivity (Wildman–Crippen MR) is 119 cm³/mol. The smallest absolute Gasteiger partial charge is 0.289 e. The predicted octanol–water partition coefficient (Wildman–Crippen LogP) is 2.01. The molecule has 0 N–H and O–H groups in total. The molecule has 0 spiro atoms. The summed E-state index contributed by atoms with van der Waals surface area (Å²) in [6.45, 7) is 3.60. The van der Waals surface area contributed by atoms with Crippen molar-refractivity contribution in [1.29, 1.82) is 0 Å². The van der Waals surface area contributed by atoms with Gasteiger partial charge in [-0.15, -0.1) is 5.10 Å². The van der Waals surface area contributed by atoms with Crippen molar-refractivity contribution in [2.75, 3.05) is 39.9 Å². The quantitative estimate of drug-likeness (QED) is 0.424. The Morgan fingerprint density at radius 2 is 2.03 bits per heavy atom. The number of hydrogen-bond acceptors (Lipinski definition) is 8. The maximum Gasteiger partial charge on any atom is 0.289 e. The van der Waals surface area contributed by atoms with Crippen LogP contribution in [-0.2, 0) is 11.3 Å². The summed E-state index contributed by atoms with van der Waals surface area (Å²) in [4.78, 5) is 21.3. The van der Waals surface area contributed by atoms with Gasteiger partial charge in [0, 0.05) is 44.9 Å². The summed E-state index contributed by atoms with van der Waals surface area (Å²) < 4.78 is 12.3. The average molecular weight is 447 g/mol. The summed E-state index contributed by atoms with van der Waals surface area (Å²) in [5.41, 5.74) is 2.02. The maximum atomic E-state index is 12.7. The summed E-state index contributed by atoms with van der Waals surface area (Å²) in [5.74, 6) is 1.03. The van der Waals surface area contributed by atoms with Gasteiger partial charge in [-0.25, -0.2) is 4.68 Å². The number of aromatic nitrogens is 5. The Kier molecular flexibility index (Phi) is 6.09. The van der Waals surface area contributed by atoms with E-state index >= 15 is 0 Å². The number of hydrogen-bond donors (Lipinski definition) is 0. The molecule has 3 aromatic heterocycles. The number of benzene rings is 1. The highest BCUT2D eigenvalue weighted by atomic mass is 16.5. The van der Waals surface area contributed by atoms with Crippen molar-refractivity contribution in [2.45, 2.75) is 12.6 Å². The molecule has 1 fully saturated rings. The van der Waals surface area contributed by atoms with Crippen LogP contribution in [0, 0.1) is 0 Å². The molecule has 4 heterocycles. The van der Waals surface area contributed by atoms with E-state index in [4.69, 9.17) is 9.15 Å². The topological polar surface area (TPSA) is 102 Å². The van der Waals surface area contributed by atoms with Crippen LogP contribution in [0.2, 0.25) is 0 Å². The molecule has 1 aliphatic heterocycles. The monoisotopic (exact) mass is 447 g/mol. The number of furan rings is 1. The van der Waals surface area contributed by atoms with Crippen LogP contribution >= 0.6 is 0 Å². The van der Waals surface area contributed by atoms with E-state index in [0.717, 1.165) is 22.3 Å². The van der Waals surface area contributed by atoms with Crippen LogP contribution in [-0.4, -0.2) is 80.8 Å². The highest BCUT2D eigenvalue weighted by Crippen LogP contribution is 2.30. The van der Waals surface area contributed by atoms with Gasteiger partial charge in [0.2, 0.25) is 0 Å². The van der Waals surface area contributed by atoms with Gasteiger partial charge in [0.25, 0.3) is 5.91 Å². The number of fused-ring (bicyclic) bond motifs is 1. The van der Waals surface area contributed by atoms with Crippen LogP contribution < -0.4 is 0 Å². The highest BCUT2D eigenvalue weighted by Gasteiger charge is 2.32. The van der Waals surface area contributed by atoms with Gasteiger partial charge < -0.3 is 14.1 Å². The second kappa shape index (κ2) is 9.47. The number of rotatable bonds is 7. The van der Waals surface area contributed by atoms with Crippen molar-refractivity contribution in [3.63, 3.8) is 0 Å². The molecule has 0 bridgehead atoms. The lowest BCUT2D eigenvalue weighted by molar-refractivity contribution is 0.0558.